The number of carboxylic acids is 1. The Hall–Kier alpha value is -2.37. The summed E-state index contributed by atoms with van der Waals surface area (Å²) in [5.74, 6) is -0.881. The molecule has 0 atom stereocenters. The van der Waals surface area contributed by atoms with Crippen LogP contribution in [-0.2, 0) is 11.2 Å². The minimum atomic E-state index is -0.881. The zero-order valence-corrected chi connectivity index (χ0v) is 8.25. The van der Waals surface area contributed by atoms with E-state index in [1.54, 1.807) is 24.3 Å². The second-order valence-electron chi connectivity index (χ2n) is 3.27. The SMILES string of the molecule is O=C(O)Cc1ccc(-n2cn[nH]c2=O)cc1. The van der Waals surface area contributed by atoms with Crippen molar-refractivity contribution < 1.29 is 9.90 Å². The number of aromatic nitrogens is 3. The molecule has 0 aliphatic heterocycles. The molecule has 2 aromatic rings. The normalized spacial score (nSPS) is 10.2. The third kappa shape index (κ3) is 2.00. The van der Waals surface area contributed by atoms with Crippen LogP contribution in [-0.4, -0.2) is 25.8 Å². The Morgan fingerprint density at radius 2 is 2.06 bits per heavy atom. The van der Waals surface area contributed by atoms with Crippen LogP contribution < -0.4 is 5.69 Å². The summed E-state index contributed by atoms with van der Waals surface area (Å²) in [5, 5.41) is 14.5. The molecule has 1 aromatic heterocycles. The van der Waals surface area contributed by atoms with Crippen LogP contribution in [0.5, 0.6) is 0 Å². The molecule has 0 unspecified atom stereocenters. The smallest absolute Gasteiger partial charge is 0.347 e. The molecule has 6 heteroatoms. The number of rotatable bonds is 3. The van der Waals surface area contributed by atoms with E-state index in [1.165, 1.54) is 10.9 Å². The Labute approximate surface area is 90.2 Å². The van der Waals surface area contributed by atoms with Gasteiger partial charge in [0.2, 0.25) is 0 Å². The van der Waals surface area contributed by atoms with E-state index in [1.807, 2.05) is 0 Å². The summed E-state index contributed by atoms with van der Waals surface area (Å²) < 4.78 is 1.34. The number of aliphatic carboxylic acids is 1. The molecule has 2 rings (SSSR count). The summed E-state index contributed by atoms with van der Waals surface area (Å²) in [7, 11) is 0. The quantitative estimate of drug-likeness (QED) is 0.771. The molecule has 6 nitrogen and oxygen atoms in total. The van der Waals surface area contributed by atoms with Crippen molar-refractivity contribution in [1.82, 2.24) is 14.8 Å². The van der Waals surface area contributed by atoms with E-state index in [2.05, 4.69) is 10.2 Å². The summed E-state index contributed by atoms with van der Waals surface area (Å²) in [6, 6.07) is 6.69. The second-order valence-corrected chi connectivity index (χ2v) is 3.27. The average Bonchev–Trinajstić information content (AvgIpc) is 2.65. The van der Waals surface area contributed by atoms with Crippen LogP contribution in [0.2, 0.25) is 0 Å². The maximum atomic E-state index is 11.2. The number of aromatic amines is 1. The summed E-state index contributed by atoms with van der Waals surface area (Å²) in [6.07, 6.45) is 1.34. The van der Waals surface area contributed by atoms with Crippen LogP contribution in [0.4, 0.5) is 0 Å². The molecular formula is C10H9N3O3. The van der Waals surface area contributed by atoms with Gasteiger partial charge >= 0.3 is 11.7 Å². The number of hydrogen-bond donors (Lipinski definition) is 2. The largest absolute Gasteiger partial charge is 0.481 e. The molecule has 0 saturated carbocycles. The third-order valence-electron chi connectivity index (χ3n) is 2.12. The fourth-order valence-corrected chi connectivity index (χ4v) is 1.38. The topological polar surface area (TPSA) is 88.0 Å². The molecule has 1 aromatic carbocycles. The Kier molecular flexibility index (Phi) is 2.55. The zero-order valence-electron chi connectivity index (χ0n) is 8.25. The van der Waals surface area contributed by atoms with Gasteiger partial charge in [-0.05, 0) is 17.7 Å². The summed E-state index contributed by atoms with van der Waals surface area (Å²) in [6.45, 7) is 0. The minimum Gasteiger partial charge on any atom is -0.481 e. The molecule has 0 amide bonds. The van der Waals surface area contributed by atoms with Gasteiger partial charge in [-0.15, -0.1) is 0 Å². The Morgan fingerprint density at radius 3 is 2.56 bits per heavy atom. The summed E-state index contributed by atoms with van der Waals surface area (Å²) in [4.78, 5) is 21.7. The van der Waals surface area contributed by atoms with Gasteiger partial charge in [-0.25, -0.2) is 14.5 Å². The first kappa shape index (κ1) is 10.2. The Bertz CT molecular complexity index is 553. The fourth-order valence-electron chi connectivity index (χ4n) is 1.38. The minimum absolute atomic E-state index is 0.0272. The van der Waals surface area contributed by atoms with Gasteiger partial charge in [0.05, 0.1) is 12.1 Å². The molecule has 0 fully saturated rings. The maximum absolute atomic E-state index is 11.2. The van der Waals surface area contributed by atoms with Gasteiger partial charge in [-0.3, -0.25) is 4.79 Å². The van der Waals surface area contributed by atoms with E-state index in [-0.39, 0.29) is 12.1 Å². The van der Waals surface area contributed by atoms with Crippen molar-refractivity contribution in [1.29, 1.82) is 0 Å². The van der Waals surface area contributed by atoms with Crippen LogP contribution in [0.15, 0.2) is 35.4 Å². The molecule has 0 aliphatic carbocycles. The van der Waals surface area contributed by atoms with Crippen molar-refractivity contribution in [2.24, 2.45) is 0 Å². The lowest BCUT2D eigenvalue weighted by Gasteiger charge is -2.01. The van der Waals surface area contributed by atoms with E-state index in [4.69, 9.17) is 5.11 Å². The highest BCUT2D eigenvalue weighted by atomic mass is 16.4. The summed E-state index contributed by atoms with van der Waals surface area (Å²) >= 11 is 0. The number of carboxylic acid groups (broad SMARTS) is 1. The third-order valence-corrected chi connectivity index (χ3v) is 2.12. The van der Waals surface area contributed by atoms with Crippen molar-refractivity contribution in [3.05, 3.63) is 46.6 Å². The van der Waals surface area contributed by atoms with Crippen LogP contribution in [0, 0.1) is 0 Å². The highest BCUT2D eigenvalue weighted by molar-refractivity contribution is 5.70. The van der Waals surface area contributed by atoms with Gasteiger partial charge in [0.1, 0.15) is 6.33 Å². The van der Waals surface area contributed by atoms with Gasteiger partial charge in [0.25, 0.3) is 0 Å². The van der Waals surface area contributed by atoms with Crippen LogP contribution >= 0.6 is 0 Å². The van der Waals surface area contributed by atoms with Crippen LogP contribution in [0.25, 0.3) is 5.69 Å². The van der Waals surface area contributed by atoms with Crippen molar-refractivity contribution in [3.8, 4) is 5.69 Å². The first-order chi connectivity index (χ1) is 7.66. The Morgan fingerprint density at radius 1 is 1.38 bits per heavy atom. The molecule has 2 N–H and O–H groups in total. The summed E-state index contributed by atoms with van der Waals surface area (Å²) in [5.41, 5.74) is 1.01. The van der Waals surface area contributed by atoms with Gasteiger partial charge < -0.3 is 5.11 Å². The molecule has 1 heterocycles. The number of H-pyrrole nitrogens is 1. The van der Waals surface area contributed by atoms with E-state index in [0.29, 0.717) is 11.3 Å². The highest BCUT2D eigenvalue weighted by Gasteiger charge is 2.03. The van der Waals surface area contributed by atoms with E-state index < -0.39 is 5.97 Å². The molecule has 0 bridgehead atoms. The molecule has 0 saturated heterocycles. The second kappa shape index (κ2) is 4.01. The lowest BCUT2D eigenvalue weighted by atomic mass is 10.1. The van der Waals surface area contributed by atoms with Crippen LogP contribution in [0.3, 0.4) is 0 Å². The van der Waals surface area contributed by atoms with Crippen molar-refractivity contribution in [3.63, 3.8) is 0 Å². The first-order valence-corrected chi connectivity index (χ1v) is 4.60. The number of carbonyl (C=O) groups is 1. The molecule has 82 valence electrons. The van der Waals surface area contributed by atoms with E-state index in [0.717, 1.165) is 0 Å². The molecule has 0 spiro atoms. The number of hydrogen-bond acceptors (Lipinski definition) is 3. The number of nitrogens with one attached hydrogen (secondary N) is 1. The highest BCUT2D eigenvalue weighted by Crippen LogP contribution is 2.07. The standard InChI is InChI=1S/C10H9N3O3/c14-9(15)5-7-1-3-8(4-2-7)13-6-11-12-10(13)16/h1-4,6H,5H2,(H,12,16)(H,14,15). The molecular weight excluding hydrogens is 210 g/mol. The first-order valence-electron chi connectivity index (χ1n) is 4.60. The van der Waals surface area contributed by atoms with Crippen LogP contribution in [0.1, 0.15) is 5.56 Å². The fraction of sp³-hybridized carbons (Fsp3) is 0.100. The zero-order chi connectivity index (χ0) is 11.5. The van der Waals surface area contributed by atoms with Crippen molar-refractivity contribution in [2.45, 2.75) is 6.42 Å². The monoisotopic (exact) mass is 219 g/mol. The van der Waals surface area contributed by atoms with Crippen molar-refractivity contribution in [2.75, 3.05) is 0 Å². The maximum Gasteiger partial charge on any atom is 0.347 e. The predicted octanol–water partition coefficient (Wildman–Crippen LogP) is 0.188. The molecule has 0 radical (unpaired) electrons. The van der Waals surface area contributed by atoms with Gasteiger partial charge in [-0.1, -0.05) is 12.1 Å². The van der Waals surface area contributed by atoms with Crippen molar-refractivity contribution >= 4 is 5.97 Å². The molecule has 16 heavy (non-hydrogen) atoms. The Balaban J connectivity index is 2.30. The van der Waals surface area contributed by atoms with Gasteiger partial charge in [-0.2, -0.15) is 5.10 Å². The molecule has 0 aliphatic rings. The lowest BCUT2D eigenvalue weighted by molar-refractivity contribution is -0.136. The predicted molar refractivity (Wildman–Crippen MR) is 55.5 cm³/mol. The number of nitrogens with zero attached hydrogens (tertiary/aromatic N) is 2. The van der Waals surface area contributed by atoms with E-state index in [9.17, 15) is 9.59 Å². The lowest BCUT2D eigenvalue weighted by Crippen LogP contribution is -2.14. The number of benzene rings is 1. The van der Waals surface area contributed by atoms with E-state index >= 15 is 0 Å². The average molecular weight is 219 g/mol. The van der Waals surface area contributed by atoms with Gasteiger partial charge in [0.15, 0.2) is 0 Å². The van der Waals surface area contributed by atoms with Gasteiger partial charge in [0, 0.05) is 0 Å².